The molecule has 1 heterocycles. The van der Waals surface area contributed by atoms with Crippen molar-refractivity contribution in [2.24, 2.45) is 0 Å². The number of hydrogen-bond acceptors (Lipinski definition) is 2. The molecule has 0 radical (unpaired) electrons. The summed E-state index contributed by atoms with van der Waals surface area (Å²) >= 11 is 0. The summed E-state index contributed by atoms with van der Waals surface area (Å²) in [5, 5.41) is 0. The Hall–Kier alpha value is -0.600. The van der Waals surface area contributed by atoms with Gasteiger partial charge in [0.15, 0.2) is 0 Å². The Morgan fingerprint density at radius 1 is 1.40 bits per heavy atom. The van der Waals surface area contributed by atoms with E-state index in [2.05, 4.69) is 44.4 Å². The van der Waals surface area contributed by atoms with Crippen molar-refractivity contribution in [3.63, 3.8) is 0 Å². The van der Waals surface area contributed by atoms with Crippen molar-refractivity contribution in [1.82, 2.24) is 4.90 Å². The molecule has 0 saturated carbocycles. The van der Waals surface area contributed by atoms with Crippen LogP contribution in [-0.2, 0) is 4.74 Å². The topological polar surface area (TPSA) is 12.5 Å². The quantitative estimate of drug-likeness (QED) is 0.660. The minimum absolute atomic E-state index is 0.138. The van der Waals surface area contributed by atoms with Crippen LogP contribution in [0.3, 0.4) is 0 Å². The van der Waals surface area contributed by atoms with Crippen molar-refractivity contribution in [2.75, 3.05) is 26.3 Å². The Morgan fingerprint density at radius 2 is 2.00 bits per heavy atom. The van der Waals surface area contributed by atoms with Gasteiger partial charge in [-0.25, -0.2) is 0 Å². The van der Waals surface area contributed by atoms with E-state index in [4.69, 9.17) is 4.74 Å². The molecule has 1 aliphatic rings. The molecule has 0 spiro atoms. The van der Waals surface area contributed by atoms with Crippen LogP contribution in [-0.4, -0.2) is 36.7 Å². The van der Waals surface area contributed by atoms with Gasteiger partial charge < -0.3 is 4.74 Å². The van der Waals surface area contributed by atoms with Gasteiger partial charge in [-0.3, -0.25) is 4.90 Å². The molecule has 0 aromatic rings. The SMILES string of the molecule is C=C(C)C/C=C/C(C)(C)N1CCOCC1. The Kier molecular flexibility index (Phi) is 4.55. The van der Waals surface area contributed by atoms with Gasteiger partial charge in [-0.2, -0.15) is 0 Å². The van der Waals surface area contributed by atoms with Gasteiger partial charge in [0.05, 0.1) is 13.2 Å². The maximum Gasteiger partial charge on any atom is 0.0594 e. The van der Waals surface area contributed by atoms with E-state index in [0.717, 1.165) is 32.7 Å². The minimum atomic E-state index is 0.138. The maximum atomic E-state index is 5.36. The number of nitrogens with zero attached hydrogens (tertiary/aromatic N) is 1. The zero-order valence-corrected chi connectivity index (χ0v) is 10.3. The second-order valence-corrected chi connectivity index (χ2v) is 4.82. The van der Waals surface area contributed by atoms with Crippen molar-refractivity contribution >= 4 is 0 Å². The van der Waals surface area contributed by atoms with Crippen molar-refractivity contribution in [1.29, 1.82) is 0 Å². The maximum absolute atomic E-state index is 5.36. The Morgan fingerprint density at radius 3 is 2.53 bits per heavy atom. The average molecular weight is 209 g/mol. The molecular weight excluding hydrogens is 186 g/mol. The molecule has 1 saturated heterocycles. The normalized spacial score (nSPS) is 19.7. The van der Waals surface area contributed by atoms with E-state index >= 15 is 0 Å². The standard InChI is InChI=1S/C13H23NO/c1-12(2)6-5-7-13(3,4)14-8-10-15-11-9-14/h5,7H,1,6,8-11H2,2-4H3/b7-5+. The first kappa shape index (κ1) is 12.5. The van der Waals surface area contributed by atoms with Gasteiger partial charge in [0, 0.05) is 18.6 Å². The largest absolute Gasteiger partial charge is 0.379 e. The van der Waals surface area contributed by atoms with Crippen molar-refractivity contribution in [3.05, 3.63) is 24.3 Å². The van der Waals surface area contributed by atoms with E-state index in [1.165, 1.54) is 5.57 Å². The molecule has 0 aromatic heterocycles. The third kappa shape index (κ3) is 4.18. The van der Waals surface area contributed by atoms with Gasteiger partial charge >= 0.3 is 0 Å². The van der Waals surface area contributed by atoms with E-state index in [1.54, 1.807) is 0 Å². The molecule has 0 aliphatic carbocycles. The van der Waals surface area contributed by atoms with Gasteiger partial charge in [-0.1, -0.05) is 24.3 Å². The van der Waals surface area contributed by atoms with Crippen LogP contribution >= 0.6 is 0 Å². The molecule has 0 bridgehead atoms. The molecule has 0 atom stereocenters. The molecule has 1 aliphatic heterocycles. The lowest BCUT2D eigenvalue weighted by atomic mass is 10.0. The molecule has 0 N–H and O–H groups in total. The summed E-state index contributed by atoms with van der Waals surface area (Å²) in [6, 6.07) is 0. The van der Waals surface area contributed by atoms with Crippen molar-refractivity contribution < 1.29 is 4.74 Å². The van der Waals surface area contributed by atoms with Crippen LogP contribution in [0.1, 0.15) is 27.2 Å². The highest BCUT2D eigenvalue weighted by atomic mass is 16.5. The third-order valence-corrected chi connectivity index (χ3v) is 2.82. The summed E-state index contributed by atoms with van der Waals surface area (Å²) in [6.45, 7) is 14.3. The fourth-order valence-corrected chi connectivity index (χ4v) is 1.79. The van der Waals surface area contributed by atoms with E-state index in [1.807, 2.05) is 0 Å². The van der Waals surface area contributed by atoms with Gasteiger partial charge in [0.1, 0.15) is 0 Å². The summed E-state index contributed by atoms with van der Waals surface area (Å²) in [6.07, 6.45) is 5.48. The van der Waals surface area contributed by atoms with Crippen LogP contribution in [0.15, 0.2) is 24.3 Å². The number of hydrogen-bond donors (Lipinski definition) is 0. The van der Waals surface area contributed by atoms with Crippen LogP contribution in [0.2, 0.25) is 0 Å². The molecule has 15 heavy (non-hydrogen) atoms. The van der Waals surface area contributed by atoms with Gasteiger partial charge in [-0.05, 0) is 27.2 Å². The summed E-state index contributed by atoms with van der Waals surface area (Å²) in [7, 11) is 0. The highest BCUT2D eigenvalue weighted by molar-refractivity contribution is 5.07. The first-order valence-corrected chi connectivity index (χ1v) is 5.67. The van der Waals surface area contributed by atoms with Crippen LogP contribution in [0, 0.1) is 0 Å². The number of morpholine rings is 1. The van der Waals surface area contributed by atoms with Gasteiger partial charge in [0.2, 0.25) is 0 Å². The third-order valence-electron chi connectivity index (χ3n) is 2.82. The minimum Gasteiger partial charge on any atom is -0.379 e. The van der Waals surface area contributed by atoms with Gasteiger partial charge in [0.25, 0.3) is 0 Å². The molecule has 1 rings (SSSR count). The number of allylic oxidation sites excluding steroid dienone is 2. The predicted molar refractivity (Wildman–Crippen MR) is 65.0 cm³/mol. The first-order valence-electron chi connectivity index (χ1n) is 5.67. The van der Waals surface area contributed by atoms with Crippen molar-refractivity contribution in [2.45, 2.75) is 32.7 Å². The molecule has 1 fully saturated rings. The number of rotatable bonds is 4. The molecule has 0 unspecified atom stereocenters. The number of ether oxygens (including phenoxy) is 1. The van der Waals surface area contributed by atoms with E-state index in [9.17, 15) is 0 Å². The molecule has 2 nitrogen and oxygen atoms in total. The lowest BCUT2D eigenvalue weighted by molar-refractivity contribution is 0.00470. The second kappa shape index (κ2) is 5.47. The molecule has 2 heteroatoms. The van der Waals surface area contributed by atoms with Gasteiger partial charge in [-0.15, -0.1) is 0 Å². The summed E-state index contributed by atoms with van der Waals surface area (Å²) in [5.74, 6) is 0. The predicted octanol–water partition coefficient (Wildman–Crippen LogP) is 2.62. The molecule has 0 aromatic carbocycles. The second-order valence-electron chi connectivity index (χ2n) is 4.82. The lowest BCUT2D eigenvalue weighted by Gasteiger charge is -2.38. The smallest absolute Gasteiger partial charge is 0.0594 e. The Bertz CT molecular complexity index is 237. The molecular formula is C13H23NO. The van der Waals surface area contributed by atoms with Crippen molar-refractivity contribution in [3.8, 4) is 0 Å². The monoisotopic (exact) mass is 209 g/mol. The van der Waals surface area contributed by atoms with E-state index in [0.29, 0.717) is 0 Å². The zero-order chi connectivity index (χ0) is 11.3. The summed E-state index contributed by atoms with van der Waals surface area (Å²) in [4.78, 5) is 2.46. The Labute approximate surface area is 93.6 Å². The fraction of sp³-hybridized carbons (Fsp3) is 0.692. The first-order chi connectivity index (χ1) is 7.02. The van der Waals surface area contributed by atoms with E-state index < -0.39 is 0 Å². The fourth-order valence-electron chi connectivity index (χ4n) is 1.79. The van der Waals surface area contributed by atoms with Crippen LogP contribution in [0.5, 0.6) is 0 Å². The highest BCUT2D eigenvalue weighted by Gasteiger charge is 2.24. The molecule has 86 valence electrons. The molecule has 0 amide bonds. The summed E-state index contributed by atoms with van der Waals surface area (Å²) in [5.41, 5.74) is 1.35. The average Bonchev–Trinajstić information content (AvgIpc) is 2.18. The van der Waals surface area contributed by atoms with Crippen LogP contribution in [0.25, 0.3) is 0 Å². The lowest BCUT2D eigenvalue weighted by Crippen LogP contribution is -2.48. The van der Waals surface area contributed by atoms with E-state index in [-0.39, 0.29) is 5.54 Å². The Balaban J connectivity index is 2.48. The van der Waals surface area contributed by atoms with Crippen LogP contribution in [0.4, 0.5) is 0 Å². The highest BCUT2D eigenvalue weighted by Crippen LogP contribution is 2.18. The van der Waals surface area contributed by atoms with Crippen LogP contribution < -0.4 is 0 Å². The summed E-state index contributed by atoms with van der Waals surface area (Å²) < 4.78 is 5.36. The zero-order valence-electron chi connectivity index (χ0n) is 10.3.